The van der Waals surface area contributed by atoms with E-state index < -0.39 is 0 Å². The Morgan fingerprint density at radius 3 is 2.88 bits per heavy atom. The molecule has 1 aromatic rings. The first-order valence-electron chi connectivity index (χ1n) is 4.83. The molecule has 0 aliphatic heterocycles. The van der Waals surface area contributed by atoms with Gasteiger partial charge in [-0.3, -0.25) is 4.79 Å². The normalized spacial score (nSPS) is 9.50. The summed E-state index contributed by atoms with van der Waals surface area (Å²) >= 11 is 1.50. The fourth-order valence-electron chi connectivity index (χ4n) is 1.02. The molecule has 1 amide bonds. The Morgan fingerprint density at radius 2 is 2.19 bits per heavy atom. The molecule has 0 saturated heterocycles. The smallest absolute Gasteiger partial charge is 0.250 e. The molecule has 0 aliphatic rings. The number of carbonyl (C=O) groups is 1. The number of amides is 1. The Bertz CT molecular complexity index is 330. The van der Waals surface area contributed by atoms with Crippen LogP contribution in [0.25, 0.3) is 0 Å². The summed E-state index contributed by atoms with van der Waals surface area (Å²) < 4.78 is 5.46. The van der Waals surface area contributed by atoms with Gasteiger partial charge < -0.3 is 4.74 Å². The second-order valence-corrected chi connectivity index (χ2v) is 4.01. The average molecular weight is 238 g/mol. The van der Waals surface area contributed by atoms with Crippen molar-refractivity contribution in [1.29, 1.82) is 0 Å². The number of rotatable bonds is 7. The molecule has 0 atom stereocenters. The van der Waals surface area contributed by atoms with Gasteiger partial charge >= 0.3 is 0 Å². The first kappa shape index (κ1) is 12.6. The fourth-order valence-corrected chi connectivity index (χ4v) is 1.62. The molecule has 4 nitrogen and oxygen atoms in total. The van der Waals surface area contributed by atoms with Crippen LogP contribution in [0.1, 0.15) is 0 Å². The Morgan fingerprint density at radius 1 is 1.44 bits per heavy atom. The van der Waals surface area contributed by atoms with Crippen LogP contribution in [0.5, 0.6) is 5.75 Å². The summed E-state index contributed by atoms with van der Waals surface area (Å²) in [4.78, 5) is 11.0. The standard InChI is InChI=1S/C11H14N2O2S/c1-12-13-11(14)9-16-8-7-15-10-5-3-2-4-6-10/h2-6H,1,7-9H2,(H,13,14). The van der Waals surface area contributed by atoms with Gasteiger partial charge in [0.2, 0.25) is 5.91 Å². The van der Waals surface area contributed by atoms with Gasteiger partial charge in [0.15, 0.2) is 0 Å². The van der Waals surface area contributed by atoms with Crippen molar-refractivity contribution >= 4 is 24.4 Å². The molecule has 0 fully saturated rings. The highest BCUT2D eigenvalue weighted by molar-refractivity contribution is 7.99. The molecule has 5 heteroatoms. The van der Waals surface area contributed by atoms with E-state index in [0.29, 0.717) is 12.4 Å². The molecule has 0 aliphatic carbocycles. The number of nitrogens with one attached hydrogen (secondary N) is 1. The number of benzene rings is 1. The fraction of sp³-hybridized carbons (Fsp3) is 0.273. The van der Waals surface area contributed by atoms with Crippen LogP contribution in [-0.2, 0) is 4.79 Å². The van der Waals surface area contributed by atoms with E-state index in [4.69, 9.17) is 4.74 Å². The topological polar surface area (TPSA) is 50.7 Å². The molecule has 1 N–H and O–H groups in total. The molecule has 86 valence electrons. The van der Waals surface area contributed by atoms with Crippen molar-refractivity contribution < 1.29 is 9.53 Å². The number of hydrogen-bond acceptors (Lipinski definition) is 4. The molecule has 0 saturated carbocycles. The quantitative estimate of drug-likeness (QED) is 0.445. The Balaban J connectivity index is 2.04. The van der Waals surface area contributed by atoms with Gasteiger partial charge in [0, 0.05) is 12.5 Å². The molecule has 1 aromatic carbocycles. The highest BCUT2D eigenvalue weighted by atomic mass is 32.2. The van der Waals surface area contributed by atoms with Crippen LogP contribution in [-0.4, -0.2) is 30.7 Å². The molecule has 0 spiro atoms. The van der Waals surface area contributed by atoms with Gasteiger partial charge in [-0.25, -0.2) is 5.43 Å². The summed E-state index contributed by atoms with van der Waals surface area (Å²) in [5.41, 5.74) is 2.27. The maximum atomic E-state index is 11.0. The van der Waals surface area contributed by atoms with Crippen molar-refractivity contribution in [2.24, 2.45) is 5.10 Å². The summed E-state index contributed by atoms with van der Waals surface area (Å²) in [6, 6.07) is 9.59. The molecule has 16 heavy (non-hydrogen) atoms. The lowest BCUT2D eigenvalue weighted by atomic mass is 10.3. The zero-order valence-corrected chi connectivity index (χ0v) is 9.70. The predicted octanol–water partition coefficient (Wildman–Crippen LogP) is 1.53. The SMILES string of the molecule is C=NNC(=O)CSCCOc1ccccc1. The average Bonchev–Trinajstić information content (AvgIpc) is 2.30. The summed E-state index contributed by atoms with van der Waals surface area (Å²) in [6.45, 7) is 3.76. The number of nitrogens with zero attached hydrogens (tertiary/aromatic N) is 1. The van der Waals surface area contributed by atoms with E-state index in [0.717, 1.165) is 11.5 Å². The zero-order valence-electron chi connectivity index (χ0n) is 8.89. The molecule has 0 aromatic heterocycles. The van der Waals surface area contributed by atoms with E-state index >= 15 is 0 Å². The molecule has 0 heterocycles. The van der Waals surface area contributed by atoms with Gasteiger partial charge in [-0.15, -0.1) is 11.8 Å². The van der Waals surface area contributed by atoms with Crippen molar-refractivity contribution in [1.82, 2.24) is 5.43 Å². The molecule has 0 radical (unpaired) electrons. The third-order valence-corrected chi connectivity index (χ3v) is 2.60. The first-order valence-corrected chi connectivity index (χ1v) is 5.98. The van der Waals surface area contributed by atoms with Gasteiger partial charge in [-0.1, -0.05) is 18.2 Å². The minimum absolute atomic E-state index is 0.139. The molecule has 0 bridgehead atoms. The molecule has 0 unspecified atom stereocenters. The number of thioether (sulfide) groups is 1. The van der Waals surface area contributed by atoms with Crippen LogP contribution in [0.4, 0.5) is 0 Å². The van der Waals surface area contributed by atoms with E-state index in [1.165, 1.54) is 11.8 Å². The molecular formula is C11H14N2O2S. The van der Waals surface area contributed by atoms with Crippen molar-refractivity contribution in [3.8, 4) is 5.75 Å². The van der Waals surface area contributed by atoms with Crippen molar-refractivity contribution in [2.75, 3.05) is 18.1 Å². The van der Waals surface area contributed by atoms with Crippen LogP contribution in [0.15, 0.2) is 35.4 Å². The van der Waals surface area contributed by atoms with Crippen molar-refractivity contribution in [2.45, 2.75) is 0 Å². The van der Waals surface area contributed by atoms with E-state index in [9.17, 15) is 4.79 Å². The maximum Gasteiger partial charge on any atom is 0.250 e. The summed E-state index contributed by atoms with van der Waals surface area (Å²) in [7, 11) is 0. The third kappa shape index (κ3) is 5.41. The highest BCUT2D eigenvalue weighted by Gasteiger charge is 1.99. The summed E-state index contributed by atoms with van der Waals surface area (Å²) in [5, 5.41) is 3.29. The largest absolute Gasteiger partial charge is 0.493 e. The lowest BCUT2D eigenvalue weighted by Crippen LogP contribution is -2.19. The molecular weight excluding hydrogens is 224 g/mol. The second-order valence-electron chi connectivity index (χ2n) is 2.91. The van der Waals surface area contributed by atoms with Gasteiger partial charge in [-0.05, 0) is 12.1 Å². The Kier molecular flexibility index (Phi) is 6.10. The monoisotopic (exact) mass is 238 g/mol. The minimum atomic E-state index is -0.139. The zero-order chi connectivity index (χ0) is 11.6. The molecule has 1 rings (SSSR count). The van der Waals surface area contributed by atoms with Crippen molar-refractivity contribution in [3.63, 3.8) is 0 Å². The summed E-state index contributed by atoms with van der Waals surface area (Å²) in [5.74, 6) is 1.84. The van der Waals surface area contributed by atoms with Crippen LogP contribution in [0.3, 0.4) is 0 Å². The van der Waals surface area contributed by atoms with E-state index in [2.05, 4.69) is 17.2 Å². The third-order valence-electron chi connectivity index (χ3n) is 1.68. The van der Waals surface area contributed by atoms with Gasteiger partial charge in [0.05, 0.1) is 12.4 Å². The van der Waals surface area contributed by atoms with Crippen LogP contribution in [0.2, 0.25) is 0 Å². The van der Waals surface area contributed by atoms with Crippen LogP contribution < -0.4 is 10.2 Å². The van der Waals surface area contributed by atoms with E-state index in [-0.39, 0.29) is 5.91 Å². The van der Waals surface area contributed by atoms with Gasteiger partial charge in [-0.2, -0.15) is 5.10 Å². The van der Waals surface area contributed by atoms with Crippen LogP contribution in [0, 0.1) is 0 Å². The van der Waals surface area contributed by atoms with Crippen LogP contribution >= 0.6 is 11.8 Å². The Labute approximate surface area is 99.1 Å². The van der Waals surface area contributed by atoms with E-state index in [1.54, 1.807) is 0 Å². The van der Waals surface area contributed by atoms with Crippen molar-refractivity contribution in [3.05, 3.63) is 30.3 Å². The Hall–Kier alpha value is -1.49. The lowest BCUT2D eigenvalue weighted by Gasteiger charge is -2.04. The number of carbonyl (C=O) groups excluding carboxylic acids is 1. The number of hydrazone groups is 1. The minimum Gasteiger partial charge on any atom is -0.493 e. The number of para-hydroxylation sites is 1. The number of ether oxygens (including phenoxy) is 1. The lowest BCUT2D eigenvalue weighted by molar-refractivity contribution is -0.118. The van der Waals surface area contributed by atoms with Gasteiger partial charge in [0.25, 0.3) is 0 Å². The van der Waals surface area contributed by atoms with Gasteiger partial charge in [0.1, 0.15) is 5.75 Å². The first-order chi connectivity index (χ1) is 7.83. The summed E-state index contributed by atoms with van der Waals surface area (Å²) in [6.07, 6.45) is 0. The predicted molar refractivity (Wildman–Crippen MR) is 67.0 cm³/mol. The highest BCUT2D eigenvalue weighted by Crippen LogP contribution is 2.09. The second kappa shape index (κ2) is 7.76. The maximum absolute atomic E-state index is 11.0. The van der Waals surface area contributed by atoms with E-state index in [1.807, 2.05) is 30.3 Å². The number of hydrogen-bond donors (Lipinski definition) is 1.